The van der Waals surface area contributed by atoms with Crippen molar-refractivity contribution in [3.05, 3.63) is 27.7 Å². The highest BCUT2D eigenvalue weighted by molar-refractivity contribution is 9.10. The molecule has 1 fully saturated rings. The van der Waals surface area contributed by atoms with Crippen molar-refractivity contribution in [2.75, 3.05) is 27.2 Å². The number of nitrogens with zero attached hydrogens (tertiary/aromatic N) is 1. The van der Waals surface area contributed by atoms with Gasteiger partial charge in [0.05, 0.1) is 7.11 Å². The average Bonchev–Trinajstić information content (AvgIpc) is 2.74. The van der Waals surface area contributed by atoms with E-state index in [1.54, 1.807) is 7.11 Å². The van der Waals surface area contributed by atoms with Crippen molar-refractivity contribution >= 4 is 15.9 Å². The highest BCUT2D eigenvalue weighted by Gasteiger charge is 2.31. The van der Waals surface area contributed by atoms with Gasteiger partial charge in [-0.05, 0) is 56.1 Å². The number of halogens is 1. The van der Waals surface area contributed by atoms with Crippen LogP contribution >= 0.6 is 15.9 Å². The van der Waals surface area contributed by atoms with E-state index < -0.39 is 0 Å². The van der Waals surface area contributed by atoms with Gasteiger partial charge in [-0.2, -0.15) is 0 Å². The summed E-state index contributed by atoms with van der Waals surface area (Å²) in [7, 11) is 3.88. The number of rotatable bonds is 3. The first kappa shape index (κ1) is 13.8. The third kappa shape index (κ3) is 2.56. The van der Waals surface area contributed by atoms with Crippen molar-refractivity contribution in [2.45, 2.75) is 19.4 Å². The summed E-state index contributed by atoms with van der Waals surface area (Å²) in [4.78, 5) is 2.39. The summed E-state index contributed by atoms with van der Waals surface area (Å²) in [6.07, 6.45) is 1.12. The van der Waals surface area contributed by atoms with Crippen molar-refractivity contribution < 1.29 is 4.74 Å². The average molecular weight is 313 g/mol. The van der Waals surface area contributed by atoms with Crippen LogP contribution in [0.4, 0.5) is 0 Å². The van der Waals surface area contributed by atoms with Crippen LogP contribution in [0.15, 0.2) is 16.6 Å². The number of nitrogens with two attached hydrogens (primary N) is 1. The van der Waals surface area contributed by atoms with Gasteiger partial charge in [0, 0.05) is 17.1 Å². The topological polar surface area (TPSA) is 38.5 Å². The SMILES string of the molecule is COc1cc(C)c(Br)c(C2CC(CN)CN2C)c1. The number of hydrogen-bond acceptors (Lipinski definition) is 3. The summed E-state index contributed by atoms with van der Waals surface area (Å²) < 4.78 is 6.57. The van der Waals surface area contributed by atoms with Gasteiger partial charge in [0.15, 0.2) is 0 Å². The lowest BCUT2D eigenvalue weighted by Crippen LogP contribution is -2.20. The molecule has 1 aromatic carbocycles. The van der Waals surface area contributed by atoms with Crippen LogP contribution in [0.25, 0.3) is 0 Å². The molecule has 0 aromatic heterocycles. The van der Waals surface area contributed by atoms with Crippen molar-refractivity contribution in [1.29, 1.82) is 0 Å². The molecule has 1 saturated heterocycles. The smallest absolute Gasteiger partial charge is 0.119 e. The number of likely N-dealkylation sites (tertiary alicyclic amines) is 1. The standard InChI is InChI=1S/C14H21BrN2O/c1-9-4-11(18-3)6-12(14(9)15)13-5-10(7-16)8-17(13)2/h4,6,10,13H,5,7-8,16H2,1-3H3. The van der Waals surface area contributed by atoms with Crippen LogP contribution < -0.4 is 10.5 Å². The fraction of sp³-hybridized carbons (Fsp3) is 0.571. The maximum atomic E-state index is 5.80. The van der Waals surface area contributed by atoms with Crippen LogP contribution in [0.5, 0.6) is 5.75 Å². The predicted octanol–water partition coefficient (Wildman–Crippen LogP) is 2.72. The number of benzene rings is 1. The number of hydrogen-bond donors (Lipinski definition) is 1. The molecule has 1 aliphatic rings. The van der Waals surface area contributed by atoms with Gasteiger partial charge in [-0.3, -0.25) is 4.90 Å². The summed E-state index contributed by atoms with van der Waals surface area (Å²) in [5, 5.41) is 0. The first-order valence-corrected chi connectivity index (χ1v) is 7.10. The van der Waals surface area contributed by atoms with E-state index in [1.165, 1.54) is 15.6 Å². The Labute approximate surface area is 117 Å². The molecule has 4 heteroatoms. The van der Waals surface area contributed by atoms with E-state index in [4.69, 9.17) is 10.5 Å². The minimum atomic E-state index is 0.432. The molecule has 1 aliphatic heterocycles. The lowest BCUT2D eigenvalue weighted by molar-refractivity contribution is 0.311. The third-order valence-electron chi connectivity index (χ3n) is 3.82. The Balaban J connectivity index is 2.35. The normalized spacial score (nSPS) is 24.5. The van der Waals surface area contributed by atoms with Crippen LogP contribution in [0.1, 0.15) is 23.6 Å². The Hall–Kier alpha value is -0.580. The lowest BCUT2D eigenvalue weighted by atomic mass is 9.98. The Morgan fingerprint density at radius 3 is 2.78 bits per heavy atom. The highest BCUT2D eigenvalue weighted by atomic mass is 79.9. The molecular formula is C14H21BrN2O. The molecule has 0 saturated carbocycles. The van der Waals surface area contributed by atoms with Gasteiger partial charge in [0.25, 0.3) is 0 Å². The van der Waals surface area contributed by atoms with E-state index in [9.17, 15) is 0 Å². The zero-order valence-electron chi connectivity index (χ0n) is 11.2. The molecule has 0 radical (unpaired) electrons. The van der Waals surface area contributed by atoms with Crippen LogP contribution in [-0.2, 0) is 0 Å². The van der Waals surface area contributed by atoms with E-state index in [-0.39, 0.29) is 0 Å². The van der Waals surface area contributed by atoms with Crippen molar-refractivity contribution in [3.63, 3.8) is 0 Å². The Kier molecular flexibility index (Phi) is 4.30. The van der Waals surface area contributed by atoms with Crippen LogP contribution in [-0.4, -0.2) is 32.1 Å². The Morgan fingerprint density at radius 1 is 1.50 bits per heavy atom. The molecule has 18 heavy (non-hydrogen) atoms. The van der Waals surface area contributed by atoms with E-state index in [1.807, 2.05) is 0 Å². The summed E-state index contributed by atoms with van der Waals surface area (Å²) >= 11 is 3.71. The number of methoxy groups -OCH3 is 1. The minimum Gasteiger partial charge on any atom is -0.497 e. The minimum absolute atomic E-state index is 0.432. The monoisotopic (exact) mass is 312 g/mol. The molecule has 3 nitrogen and oxygen atoms in total. The highest BCUT2D eigenvalue weighted by Crippen LogP contribution is 2.40. The first-order chi connectivity index (χ1) is 8.56. The fourth-order valence-electron chi connectivity index (χ4n) is 2.76. The number of aryl methyl sites for hydroxylation is 1. The van der Waals surface area contributed by atoms with Gasteiger partial charge in [0.2, 0.25) is 0 Å². The van der Waals surface area contributed by atoms with Crippen LogP contribution in [0, 0.1) is 12.8 Å². The maximum absolute atomic E-state index is 5.80. The second-order valence-corrected chi connectivity index (χ2v) is 5.93. The van der Waals surface area contributed by atoms with E-state index in [0.29, 0.717) is 12.0 Å². The first-order valence-electron chi connectivity index (χ1n) is 6.31. The van der Waals surface area contributed by atoms with Gasteiger partial charge in [-0.25, -0.2) is 0 Å². The molecular weight excluding hydrogens is 292 g/mol. The van der Waals surface area contributed by atoms with Gasteiger partial charge >= 0.3 is 0 Å². The number of ether oxygens (including phenoxy) is 1. The molecule has 0 amide bonds. The van der Waals surface area contributed by atoms with Crippen molar-refractivity contribution in [3.8, 4) is 5.75 Å². The fourth-order valence-corrected chi connectivity index (χ4v) is 3.26. The Bertz CT molecular complexity index is 436. The molecule has 2 N–H and O–H groups in total. The molecule has 1 aromatic rings. The third-order valence-corrected chi connectivity index (χ3v) is 4.90. The van der Waals surface area contributed by atoms with Crippen molar-refractivity contribution in [2.24, 2.45) is 11.7 Å². The predicted molar refractivity (Wildman–Crippen MR) is 78.0 cm³/mol. The van der Waals surface area contributed by atoms with E-state index >= 15 is 0 Å². The summed E-state index contributed by atoms with van der Waals surface area (Å²) in [6, 6.07) is 4.63. The van der Waals surface area contributed by atoms with E-state index in [2.05, 4.69) is 46.9 Å². The van der Waals surface area contributed by atoms with Crippen LogP contribution in [0.3, 0.4) is 0 Å². The summed E-state index contributed by atoms with van der Waals surface area (Å²) in [6.45, 7) is 3.94. The second kappa shape index (κ2) is 5.59. The molecule has 100 valence electrons. The quantitative estimate of drug-likeness (QED) is 0.932. The zero-order chi connectivity index (χ0) is 13.3. The maximum Gasteiger partial charge on any atom is 0.119 e. The molecule has 2 unspecified atom stereocenters. The summed E-state index contributed by atoms with van der Waals surface area (Å²) in [5.41, 5.74) is 8.32. The molecule has 1 heterocycles. The van der Waals surface area contributed by atoms with Gasteiger partial charge < -0.3 is 10.5 Å². The van der Waals surface area contributed by atoms with Crippen molar-refractivity contribution in [1.82, 2.24) is 4.90 Å². The molecule has 0 bridgehead atoms. The van der Waals surface area contributed by atoms with Gasteiger partial charge in [0.1, 0.15) is 5.75 Å². The Morgan fingerprint density at radius 2 is 2.22 bits per heavy atom. The lowest BCUT2D eigenvalue weighted by Gasteiger charge is -2.22. The zero-order valence-corrected chi connectivity index (χ0v) is 12.8. The molecule has 2 atom stereocenters. The largest absolute Gasteiger partial charge is 0.497 e. The van der Waals surface area contributed by atoms with Crippen LogP contribution in [0.2, 0.25) is 0 Å². The molecule has 0 aliphatic carbocycles. The molecule has 2 rings (SSSR count). The van der Waals surface area contributed by atoms with E-state index in [0.717, 1.165) is 25.3 Å². The van der Waals surface area contributed by atoms with Gasteiger partial charge in [-0.15, -0.1) is 0 Å². The summed E-state index contributed by atoms with van der Waals surface area (Å²) in [5.74, 6) is 1.52. The van der Waals surface area contributed by atoms with Gasteiger partial charge in [-0.1, -0.05) is 15.9 Å². The second-order valence-electron chi connectivity index (χ2n) is 5.14. The molecule has 0 spiro atoms.